The molecule has 2 fully saturated rings. The molecule has 1 saturated carbocycles. The number of hydrogen-bond acceptors (Lipinski definition) is 3. The first-order valence-corrected chi connectivity index (χ1v) is 8.61. The SMILES string of the molecule is C=CCO[C@H]1CC[C@H]2[C@@H]1OCCN2C(=O)CC1=CCCCC1. The summed E-state index contributed by atoms with van der Waals surface area (Å²) >= 11 is 0. The number of allylic oxidation sites excluding steroid dienone is 1. The summed E-state index contributed by atoms with van der Waals surface area (Å²) in [4.78, 5) is 14.8. The van der Waals surface area contributed by atoms with Crippen LogP contribution in [-0.4, -0.2) is 48.8 Å². The van der Waals surface area contributed by atoms with Crippen molar-refractivity contribution in [1.29, 1.82) is 0 Å². The quantitative estimate of drug-likeness (QED) is 0.733. The Morgan fingerprint density at radius 2 is 2.36 bits per heavy atom. The van der Waals surface area contributed by atoms with Crippen molar-refractivity contribution in [1.82, 2.24) is 4.90 Å². The van der Waals surface area contributed by atoms with Crippen molar-refractivity contribution in [2.75, 3.05) is 19.8 Å². The molecule has 1 saturated heterocycles. The van der Waals surface area contributed by atoms with Gasteiger partial charge < -0.3 is 14.4 Å². The molecule has 0 bridgehead atoms. The standard InChI is InChI=1S/C18H27NO3/c1-2-11-21-16-9-8-15-18(16)22-12-10-19(15)17(20)13-14-6-4-3-5-7-14/h2,6,15-16,18H,1,3-5,7-13H2/t15-,16-,18-/m0/s1. The lowest BCUT2D eigenvalue weighted by molar-refractivity contribution is -0.150. The first-order valence-electron chi connectivity index (χ1n) is 8.61. The van der Waals surface area contributed by atoms with Crippen LogP contribution in [0, 0.1) is 0 Å². The highest BCUT2D eigenvalue weighted by Gasteiger charge is 2.44. The molecule has 1 aliphatic heterocycles. The van der Waals surface area contributed by atoms with Crippen LogP contribution in [-0.2, 0) is 14.3 Å². The maximum absolute atomic E-state index is 12.7. The highest BCUT2D eigenvalue weighted by Crippen LogP contribution is 2.33. The average Bonchev–Trinajstić information content (AvgIpc) is 2.97. The topological polar surface area (TPSA) is 38.8 Å². The summed E-state index contributed by atoms with van der Waals surface area (Å²) < 4.78 is 11.7. The van der Waals surface area contributed by atoms with Crippen molar-refractivity contribution >= 4 is 5.91 Å². The Labute approximate surface area is 133 Å². The molecule has 1 amide bonds. The van der Waals surface area contributed by atoms with Gasteiger partial charge in [0.05, 0.1) is 25.4 Å². The van der Waals surface area contributed by atoms with E-state index in [1.54, 1.807) is 6.08 Å². The molecule has 0 spiro atoms. The Hall–Kier alpha value is -1.13. The fourth-order valence-corrected chi connectivity index (χ4v) is 3.96. The monoisotopic (exact) mass is 305 g/mol. The first-order chi connectivity index (χ1) is 10.8. The number of rotatable bonds is 5. The zero-order valence-electron chi connectivity index (χ0n) is 13.3. The molecule has 0 aromatic heterocycles. The van der Waals surface area contributed by atoms with Gasteiger partial charge in [-0.2, -0.15) is 0 Å². The fourth-order valence-electron chi connectivity index (χ4n) is 3.96. The van der Waals surface area contributed by atoms with E-state index in [1.807, 2.05) is 0 Å². The number of ether oxygens (including phenoxy) is 2. The zero-order valence-corrected chi connectivity index (χ0v) is 13.3. The molecule has 0 N–H and O–H groups in total. The van der Waals surface area contributed by atoms with Crippen molar-refractivity contribution in [3.8, 4) is 0 Å². The Morgan fingerprint density at radius 1 is 1.45 bits per heavy atom. The lowest BCUT2D eigenvalue weighted by Crippen LogP contribution is -2.54. The van der Waals surface area contributed by atoms with Gasteiger partial charge >= 0.3 is 0 Å². The highest BCUT2D eigenvalue weighted by molar-refractivity contribution is 5.79. The predicted molar refractivity (Wildman–Crippen MR) is 85.6 cm³/mol. The second kappa shape index (κ2) is 7.42. The largest absolute Gasteiger partial charge is 0.372 e. The summed E-state index contributed by atoms with van der Waals surface area (Å²) in [6.07, 6.45) is 11.5. The Morgan fingerprint density at radius 3 is 3.14 bits per heavy atom. The number of amides is 1. The first kappa shape index (κ1) is 15.8. The minimum Gasteiger partial charge on any atom is -0.372 e. The van der Waals surface area contributed by atoms with Crippen molar-refractivity contribution in [2.45, 2.75) is 63.2 Å². The number of hydrogen-bond donors (Lipinski definition) is 0. The Kier molecular flexibility index (Phi) is 5.32. The van der Waals surface area contributed by atoms with Crippen LogP contribution in [0.2, 0.25) is 0 Å². The fraction of sp³-hybridized carbons (Fsp3) is 0.722. The summed E-state index contributed by atoms with van der Waals surface area (Å²) in [5.41, 5.74) is 1.33. The van der Waals surface area contributed by atoms with Gasteiger partial charge in [0.2, 0.25) is 5.91 Å². The van der Waals surface area contributed by atoms with E-state index in [1.165, 1.54) is 18.4 Å². The molecular formula is C18H27NO3. The van der Waals surface area contributed by atoms with Crippen LogP contribution in [0.3, 0.4) is 0 Å². The summed E-state index contributed by atoms with van der Waals surface area (Å²) in [5.74, 6) is 0.274. The van der Waals surface area contributed by atoms with Gasteiger partial charge in [-0.3, -0.25) is 4.79 Å². The van der Waals surface area contributed by atoms with Gasteiger partial charge in [0.15, 0.2) is 0 Å². The van der Waals surface area contributed by atoms with E-state index < -0.39 is 0 Å². The van der Waals surface area contributed by atoms with E-state index in [-0.39, 0.29) is 24.2 Å². The summed E-state index contributed by atoms with van der Waals surface area (Å²) in [6.45, 7) is 5.60. The summed E-state index contributed by atoms with van der Waals surface area (Å²) in [5, 5.41) is 0. The van der Waals surface area contributed by atoms with Crippen molar-refractivity contribution in [3.05, 3.63) is 24.3 Å². The second-order valence-electron chi connectivity index (χ2n) is 6.51. The van der Waals surface area contributed by atoms with Gasteiger partial charge in [-0.25, -0.2) is 0 Å². The number of nitrogens with zero attached hydrogens (tertiary/aromatic N) is 1. The molecule has 0 aromatic rings. The molecule has 3 rings (SSSR count). The summed E-state index contributed by atoms with van der Waals surface area (Å²) in [7, 11) is 0. The van der Waals surface area contributed by atoms with Gasteiger partial charge in [0, 0.05) is 13.0 Å². The van der Waals surface area contributed by atoms with Crippen LogP contribution in [0.4, 0.5) is 0 Å². The molecule has 22 heavy (non-hydrogen) atoms. The molecule has 0 aromatic carbocycles. The molecule has 0 unspecified atom stereocenters. The van der Waals surface area contributed by atoms with Gasteiger partial charge in [0.1, 0.15) is 6.10 Å². The molecular weight excluding hydrogens is 278 g/mol. The minimum absolute atomic E-state index is 0.0398. The highest BCUT2D eigenvalue weighted by atomic mass is 16.5. The van der Waals surface area contributed by atoms with Crippen LogP contribution in [0.25, 0.3) is 0 Å². The molecule has 4 nitrogen and oxygen atoms in total. The number of carbonyl (C=O) groups excluding carboxylic acids is 1. The third-order valence-electron chi connectivity index (χ3n) is 5.05. The number of fused-ring (bicyclic) bond motifs is 1. The van der Waals surface area contributed by atoms with Gasteiger partial charge in [-0.1, -0.05) is 17.7 Å². The number of morpholine rings is 1. The number of carbonyl (C=O) groups is 1. The molecule has 3 atom stereocenters. The molecule has 2 aliphatic carbocycles. The van der Waals surface area contributed by atoms with Crippen LogP contribution in [0.15, 0.2) is 24.3 Å². The Balaban J connectivity index is 1.60. The van der Waals surface area contributed by atoms with E-state index in [0.29, 0.717) is 19.6 Å². The lowest BCUT2D eigenvalue weighted by atomic mass is 9.96. The molecule has 4 heteroatoms. The predicted octanol–water partition coefficient (Wildman–Crippen LogP) is 2.84. The van der Waals surface area contributed by atoms with Gasteiger partial charge in [0.25, 0.3) is 0 Å². The molecule has 3 aliphatic rings. The van der Waals surface area contributed by atoms with E-state index in [4.69, 9.17) is 9.47 Å². The van der Waals surface area contributed by atoms with Crippen LogP contribution in [0.5, 0.6) is 0 Å². The van der Waals surface area contributed by atoms with E-state index in [9.17, 15) is 4.79 Å². The molecule has 1 heterocycles. The van der Waals surface area contributed by atoms with Crippen LogP contribution < -0.4 is 0 Å². The van der Waals surface area contributed by atoms with E-state index >= 15 is 0 Å². The molecule has 0 radical (unpaired) electrons. The smallest absolute Gasteiger partial charge is 0.227 e. The summed E-state index contributed by atoms with van der Waals surface area (Å²) in [6, 6.07) is 0.195. The zero-order chi connectivity index (χ0) is 15.4. The van der Waals surface area contributed by atoms with Crippen molar-refractivity contribution in [2.24, 2.45) is 0 Å². The van der Waals surface area contributed by atoms with E-state index in [0.717, 1.165) is 32.2 Å². The minimum atomic E-state index is 0.0398. The maximum atomic E-state index is 12.7. The molecule has 122 valence electrons. The van der Waals surface area contributed by atoms with E-state index in [2.05, 4.69) is 17.6 Å². The van der Waals surface area contributed by atoms with Crippen LogP contribution in [0.1, 0.15) is 44.9 Å². The van der Waals surface area contributed by atoms with Crippen molar-refractivity contribution < 1.29 is 14.3 Å². The Bertz CT molecular complexity index is 446. The third-order valence-corrected chi connectivity index (χ3v) is 5.05. The van der Waals surface area contributed by atoms with Crippen molar-refractivity contribution in [3.63, 3.8) is 0 Å². The van der Waals surface area contributed by atoms with Gasteiger partial charge in [-0.05, 0) is 38.5 Å². The lowest BCUT2D eigenvalue weighted by Gasteiger charge is -2.39. The maximum Gasteiger partial charge on any atom is 0.227 e. The third kappa shape index (κ3) is 3.44. The van der Waals surface area contributed by atoms with Gasteiger partial charge in [-0.15, -0.1) is 6.58 Å². The normalized spacial score (nSPS) is 31.5. The second-order valence-corrected chi connectivity index (χ2v) is 6.51. The van der Waals surface area contributed by atoms with Crippen LogP contribution >= 0.6 is 0 Å². The average molecular weight is 305 g/mol.